The number of esters is 9. The lowest BCUT2D eigenvalue weighted by Crippen LogP contribution is -2.70. The van der Waals surface area contributed by atoms with Gasteiger partial charge in [-0.25, -0.2) is 0 Å². The number of hydrogen-bond acceptors (Lipinski definition) is 26. The lowest BCUT2D eigenvalue weighted by atomic mass is 9.94. The molecule has 1 amide bonds. The summed E-state index contributed by atoms with van der Waals surface area (Å²) in [5.41, 5.74) is 0. The number of ether oxygens (including phenoxy) is 15. The van der Waals surface area contributed by atoms with Gasteiger partial charge in [0.1, 0.15) is 50.3 Å². The second-order valence-electron chi connectivity index (χ2n) is 15.4. The van der Waals surface area contributed by atoms with Crippen LogP contribution >= 0.6 is 34.8 Å². The first-order chi connectivity index (χ1) is 32.5. The van der Waals surface area contributed by atoms with Crippen molar-refractivity contribution in [2.24, 2.45) is 0 Å². The van der Waals surface area contributed by atoms with Crippen molar-refractivity contribution in [3.8, 4) is 0 Å². The van der Waals surface area contributed by atoms with Crippen LogP contribution < -0.4 is 5.32 Å². The third-order valence-corrected chi connectivity index (χ3v) is 9.95. The third-order valence-electron chi connectivity index (χ3n) is 9.44. The van der Waals surface area contributed by atoms with Crippen LogP contribution in [0.2, 0.25) is 0 Å². The molecule has 70 heavy (non-hydrogen) atoms. The van der Waals surface area contributed by atoms with Gasteiger partial charge in [0.15, 0.2) is 55.3 Å². The van der Waals surface area contributed by atoms with Crippen LogP contribution in [0.3, 0.4) is 0 Å². The molecule has 30 heteroatoms. The predicted molar refractivity (Wildman–Crippen MR) is 226 cm³/mol. The molecule has 3 aliphatic rings. The molecule has 0 aromatic rings. The molecular weight excluding hydrogens is 1010 g/mol. The number of carbonyl (C=O) groups is 10. The zero-order valence-corrected chi connectivity index (χ0v) is 41.4. The molecule has 3 saturated heterocycles. The van der Waals surface area contributed by atoms with E-state index in [4.69, 9.17) is 111 Å². The Labute approximate surface area is 413 Å². The molecular formula is C40H53Cl3N2O25. The van der Waals surface area contributed by atoms with Crippen LogP contribution in [0.1, 0.15) is 69.2 Å². The van der Waals surface area contributed by atoms with Gasteiger partial charge in [0, 0.05) is 69.2 Å². The normalized spacial score (nSPS) is 30.7. The first-order valence-corrected chi connectivity index (χ1v) is 21.9. The molecule has 15 atom stereocenters. The summed E-state index contributed by atoms with van der Waals surface area (Å²) in [4.78, 5) is 125. The molecule has 0 unspecified atom stereocenters. The molecule has 3 rings (SSSR count). The molecule has 394 valence electrons. The van der Waals surface area contributed by atoms with E-state index < -0.39 is 181 Å². The summed E-state index contributed by atoms with van der Waals surface area (Å²) in [5.74, 6) is -10.7. The summed E-state index contributed by atoms with van der Waals surface area (Å²) >= 11 is 17.8. The van der Waals surface area contributed by atoms with Crippen molar-refractivity contribution in [1.29, 1.82) is 5.41 Å². The lowest BCUT2D eigenvalue weighted by molar-refractivity contribution is -0.368. The van der Waals surface area contributed by atoms with E-state index in [0.29, 0.717) is 0 Å². The quantitative estimate of drug-likeness (QED) is 0.0603. The van der Waals surface area contributed by atoms with Crippen molar-refractivity contribution in [2.75, 3.05) is 19.8 Å². The fraction of sp³-hybridized carbons (Fsp3) is 0.725. The zero-order chi connectivity index (χ0) is 52.9. The third kappa shape index (κ3) is 17.9. The summed E-state index contributed by atoms with van der Waals surface area (Å²) in [6.45, 7) is 7.61. The Bertz CT molecular complexity index is 1970. The summed E-state index contributed by atoms with van der Waals surface area (Å²) < 4.78 is 83.0. The van der Waals surface area contributed by atoms with Crippen LogP contribution in [0.25, 0.3) is 0 Å². The van der Waals surface area contributed by atoms with E-state index in [1.807, 2.05) is 0 Å². The molecule has 0 saturated carbocycles. The Balaban J connectivity index is 2.34. The standard InChI is InChI=1S/C40H53Cl3N2O25/c1-14(46)45-27-31(61-20(7)52)28(68-37-34(64-23(10)55)32(62-21(8)53)29(59-18(5)50)25(66-37)12-57-16(3)48)24(11-56-15(2)47)65-36(27)69-35-33(63-22(9)54)30(60-19(6)51)26(13-58-17(4)49)67-38(35)70-39(44)40(41,42)43/h24-38,44H,11-13H2,1-10H3,(H,45,46)/t24-,25-,26-,27-,28-,29+,30-,31-,32+,33+,34-,35+,36+,37+,38-/m1/s1. The molecule has 0 radical (unpaired) electrons. The van der Waals surface area contributed by atoms with Crippen molar-refractivity contribution in [3.63, 3.8) is 0 Å². The van der Waals surface area contributed by atoms with Gasteiger partial charge in [-0.05, 0) is 0 Å². The topological polar surface area (TPSA) is 345 Å². The van der Waals surface area contributed by atoms with Crippen molar-refractivity contribution in [2.45, 2.75) is 165 Å². The van der Waals surface area contributed by atoms with Gasteiger partial charge in [0.2, 0.25) is 18.1 Å². The number of carbonyl (C=O) groups excluding carboxylic acids is 10. The van der Waals surface area contributed by atoms with E-state index in [-0.39, 0.29) is 0 Å². The average Bonchev–Trinajstić information content (AvgIpc) is 3.20. The van der Waals surface area contributed by atoms with Gasteiger partial charge in [-0.3, -0.25) is 53.4 Å². The highest BCUT2D eigenvalue weighted by Crippen LogP contribution is 2.38. The second-order valence-corrected chi connectivity index (χ2v) is 17.6. The molecule has 3 fully saturated rings. The maximum absolute atomic E-state index is 13.1. The summed E-state index contributed by atoms with van der Waals surface area (Å²) in [7, 11) is 0. The van der Waals surface area contributed by atoms with Crippen molar-refractivity contribution in [3.05, 3.63) is 0 Å². The van der Waals surface area contributed by atoms with E-state index >= 15 is 0 Å². The van der Waals surface area contributed by atoms with Gasteiger partial charge in [0.05, 0.1) is 0 Å². The van der Waals surface area contributed by atoms with Gasteiger partial charge in [-0.2, -0.15) is 0 Å². The molecule has 0 aromatic carbocycles. The highest BCUT2D eigenvalue weighted by atomic mass is 35.6. The fourth-order valence-electron chi connectivity index (χ4n) is 7.14. The van der Waals surface area contributed by atoms with Crippen LogP contribution in [-0.2, 0) is 119 Å². The Morgan fingerprint density at radius 1 is 0.414 bits per heavy atom. The fourth-order valence-corrected chi connectivity index (χ4v) is 7.27. The van der Waals surface area contributed by atoms with Crippen molar-refractivity contribution in [1.82, 2.24) is 5.32 Å². The predicted octanol–water partition coefficient (Wildman–Crippen LogP) is 0.0798. The number of nitrogens with one attached hydrogen (secondary N) is 2. The zero-order valence-electron chi connectivity index (χ0n) is 39.1. The first kappa shape index (κ1) is 59.2. The van der Waals surface area contributed by atoms with Gasteiger partial charge < -0.3 is 76.4 Å². The number of halogens is 3. The second kappa shape index (κ2) is 26.3. The van der Waals surface area contributed by atoms with Crippen molar-refractivity contribution < 1.29 is 119 Å². The maximum atomic E-state index is 13.1. The van der Waals surface area contributed by atoms with Gasteiger partial charge in [-0.1, -0.05) is 34.8 Å². The number of rotatable bonds is 18. The Hall–Kier alpha value is -5.16. The minimum Gasteiger partial charge on any atom is -0.463 e. The maximum Gasteiger partial charge on any atom is 0.303 e. The molecule has 27 nitrogen and oxygen atoms in total. The van der Waals surface area contributed by atoms with E-state index in [0.717, 1.165) is 69.2 Å². The minimum atomic E-state index is -2.60. The first-order valence-electron chi connectivity index (χ1n) is 20.8. The minimum absolute atomic E-state index is 0.699. The van der Waals surface area contributed by atoms with E-state index in [9.17, 15) is 47.9 Å². The van der Waals surface area contributed by atoms with Crippen LogP contribution in [0.5, 0.6) is 0 Å². The van der Waals surface area contributed by atoms with Gasteiger partial charge in [-0.15, -0.1) is 0 Å². The number of amides is 1. The van der Waals surface area contributed by atoms with E-state index in [1.165, 1.54) is 0 Å². The smallest absolute Gasteiger partial charge is 0.303 e. The van der Waals surface area contributed by atoms with Crippen LogP contribution in [0.15, 0.2) is 0 Å². The molecule has 0 spiro atoms. The van der Waals surface area contributed by atoms with Gasteiger partial charge in [0.25, 0.3) is 3.79 Å². The Morgan fingerprint density at radius 2 is 0.743 bits per heavy atom. The van der Waals surface area contributed by atoms with E-state index in [1.54, 1.807) is 0 Å². The average molecular weight is 1070 g/mol. The Kier molecular flexibility index (Phi) is 22.3. The molecule has 0 aliphatic carbocycles. The summed E-state index contributed by atoms with van der Waals surface area (Å²) in [6, 6.07) is -1.82. The largest absolute Gasteiger partial charge is 0.463 e. The van der Waals surface area contributed by atoms with Crippen molar-refractivity contribution >= 4 is 100 Å². The molecule has 3 heterocycles. The van der Waals surface area contributed by atoms with Crippen LogP contribution in [0, 0.1) is 5.41 Å². The van der Waals surface area contributed by atoms with Crippen LogP contribution in [-0.4, -0.2) is 181 Å². The van der Waals surface area contributed by atoms with E-state index in [2.05, 4.69) is 5.32 Å². The number of hydrogen-bond donors (Lipinski definition) is 2. The molecule has 3 aliphatic heterocycles. The number of alkyl halides is 3. The molecule has 0 aromatic heterocycles. The summed E-state index contributed by atoms with van der Waals surface area (Å²) in [6.07, 6.45) is -25.8. The highest BCUT2D eigenvalue weighted by Gasteiger charge is 2.60. The molecule has 2 N–H and O–H groups in total. The lowest BCUT2D eigenvalue weighted by Gasteiger charge is -2.50. The molecule has 0 bridgehead atoms. The SMILES string of the molecule is CC(=O)N[C@H]1[C@H](O[C@@H]2[C@@H](OC(=N)C(Cl)(Cl)Cl)O[C@H](COC(C)=O)[C@@H](OC(C)=O)[C@@H]2OC(C)=O)O[C@H](COC(C)=O)[C@@H](O[C@@H]2O[C@H](COC(C)=O)[C@H](OC(C)=O)[C@H](OC(C)=O)[C@H]2OC(C)=O)[C@@H]1OC(C)=O. The van der Waals surface area contributed by atoms with Crippen LogP contribution in [0.4, 0.5) is 0 Å². The highest BCUT2D eigenvalue weighted by molar-refractivity contribution is 6.76. The Morgan fingerprint density at radius 3 is 1.13 bits per heavy atom. The monoisotopic (exact) mass is 1070 g/mol. The van der Waals surface area contributed by atoms with Gasteiger partial charge >= 0.3 is 53.7 Å². The summed E-state index contributed by atoms with van der Waals surface area (Å²) in [5, 5.41) is 10.9.